The lowest BCUT2D eigenvalue weighted by molar-refractivity contribution is 0.0954. The van der Waals surface area contributed by atoms with Crippen LogP contribution in [0.25, 0.3) is 16.3 Å². The largest absolute Gasteiger partial charge is 0.494 e. The summed E-state index contributed by atoms with van der Waals surface area (Å²) in [5.41, 5.74) is 2.15. The van der Waals surface area contributed by atoms with Gasteiger partial charge in [0, 0.05) is 29.5 Å². The Labute approximate surface area is 171 Å². The molecule has 0 atom stereocenters. The summed E-state index contributed by atoms with van der Waals surface area (Å²) in [5, 5.41) is 9.37. The number of ether oxygens (including phenoxy) is 1. The van der Waals surface area contributed by atoms with Crippen molar-refractivity contribution in [2.24, 2.45) is 0 Å². The number of benzene rings is 2. The molecule has 6 nitrogen and oxygen atoms in total. The molecule has 0 radical (unpaired) electrons. The van der Waals surface area contributed by atoms with Crippen molar-refractivity contribution in [1.82, 2.24) is 19.9 Å². The Hall–Kier alpha value is -3.26. The normalized spacial score (nSPS) is 11.0. The van der Waals surface area contributed by atoms with Crippen molar-refractivity contribution in [3.05, 3.63) is 71.0 Å². The van der Waals surface area contributed by atoms with Crippen LogP contribution >= 0.6 is 11.3 Å². The lowest BCUT2D eigenvalue weighted by Gasteiger charge is -2.06. The van der Waals surface area contributed by atoms with Gasteiger partial charge in [-0.15, -0.1) is 16.4 Å². The molecule has 0 fully saturated rings. The second-order valence-electron chi connectivity index (χ2n) is 6.33. The van der Waals surface area contributed by atoms with E-state index in [1.807, 2.05) is 12.3 Å². The standard InChI is InChI=1S/C21H19FN4O2S/c1-2-28-18-8-6-14(7-9-18)20(27)23-11-10-17-13-29-21-24-19(25-26(17)21)15-4-3-5-16(22)12-15/h3-9,12-13H,2,10-11H2,1H3,(H,23,27). The van der Waals surface area contributed by atoms with Crippen LogP contribution in [-0.4, -0.2) is 33.7 Å². The van der Waals surface area contributed by atoms with Crippen LogP contribution in [0.3, 0.4) is 0 Å². The molecule has 0 aliphatic rings. The van der Waals surface area contributed by atoms with Crippen LogP contribution in [0.1, 0.15) is 23.0 Å². The zero-order chi connectivity index (χ0) is 20.2. The fraction of sp³-hybridized carbons (Fsp3) is 0.190. The molecule has 29 heavy (non-hydrogen) atoms. The summed E-state index contributed by atoms with van der Waals surface area (Å²) in [6, 6.07) is 13.3. The zero-order valence-electron chi connectivity index (χ0n) is 15.8. The van der Waals surface area contributed by atoms with Gasteiger partial charge in [-0.25, -0.2) is 8.91 Å². The van der Waals surface area contributed by atoms with Gasteiger partial charge in [-0.3, -0.25) is 4.79 Å². The molecule has 4 aromatic rings. The average molecular weight is 410 g/mol. The summed E-state index contributed by atoms with van der Waals surface area (Å²) < 4.78 is 20.6. The van der Waals surface area contributed by atoms with Gasteiger partial charge < -0.3 is 10.1 Å². The Morgan fingerprint density at radius 1 is 1.24 bits per heavy atom. The SMILES string of the molecule is CCOc1ccc(C(=O)NCCc2csc3nc(-c4cccc(F)c4)nn23)cc1. The van der Waals surface area contributed by atoms with E-state index in [2.05, 4.69) is 15.4 Å². The summed E-state index contributed by atoms with van der Waals surface area (Å²) in [6.07, 6.45) is 0.606. The van der Waals surface area contributed by atoms with E-state index < -0.39 is 0 Å². The molecular formula is C21H19FN4O2S. The van der Waals surface area contributed by atoms with Crippen LogP contribution in [0.2, 0.25) is 0 Å². The summed E-state index contributed by atoms with van der Waals surface area (Å²) in [7, 11) is 0. The van der Waals surface area contributed by atoms with E-state index in [0.29, 0.717) is 36.5 Å². The second-order valence-corrected chi connectivity index (χ2v) is 7.17. The van der Waals surface area contributed by atoms with Crippen LogP contribution in [0.15, 0.2) is 53.9 Å². The molecule has 0 saturated carbocycles. The van der Waals surface area contributed by atoms with Crippen molar-refractivity contribution in [3.8, 4) is 17.1 Å². The Kier molecular flexibility index (Phi) is 5.53. The summed E-state index contributed by atoms with van der Waals surface area (Å²) in [4.78, 5) is 17.5. The number of amides is 1. The molecule has 2 aromatic carbocycles. The van der Waals surface area contributed by atoms with Gasteiger partial charge in [0.1, 0.15) is 11.6 Å². The third-order valence-electron chi connectivity index (χ3n) is 4.33. The van der Waals surface area contributed by atoms with E-state index in [1.165, 1.54) is 23.5 Å². The number of hydrogen-bond donors (Lipinski definition) is 1. The minimum atomic E-state index is -0.321. The van der Waals surface area contributed by atoms with Crippen LogP contribution < -0.4 is 10.1 Å². The summed E-state index contributed by atoms with van der Waals surface area (Å²) >= 11 is 1.46. The fourth-order valence-electron chi connectivity index (χ4n) is 2.92. The van der Waals surface area contributed by atoms with Gasteiger partial charge in [0.05, 0.1) is 12.3 Å². The zero-order valence-corrected chi connectivity index (χ0v) is 16.6. The van der Waals surface area contributed by atoms with Crippen LogP contribution in [0.4, 0.5) is 4.39 Å². The Balaban J connectivity index is 1.40. The highest BCUT2D eigenvalue weighted by molar-refractivity contribution is 7.15. The highest BCUT2D eigenvalue weighted by Gasteiger charge is 2.12. The molecule has 1 amide bonds. The van der Waals surface area contributed by atoms with Crippen molar-refractivity contribution in [1.29, 1.82) is 0 Å². The molecule has 2 aromatic heterocycles. The van der Waals surface area contributed by atoms with E-state index in [4.69, 9.17) is 4.74 Å². The predicted octanol–water partition coefficient (Wildman–Crippen LogP) is 3.97. The van der Waals surface area contributed by atoms with Gasteiger partial charge in [0.15, 0.2) is 5.82 Å². The molecule has 148 valence electrons. The number of nitrogens with one attached hydrogen (secondary N) is 1. The van der Waals surface area contributed by atoms with Gasteiger partial charge in [0.2, 0.25) is 4.96 Å². The Morgan fingerprint density at radius 3 is 2.83 bits per heavy atom. The number of carbonyl (C=O) groups excluding carboxylic acids is 1. The Bertz CT molecular complexity index is 1140. The highest BCUT2D eigenvalue weighted by Crippen LogP contribution is 2.21. The molecule has 0 unspecified atom stereocenters. The second kappa shape index (κ2) is 8.40. The molecule has 2 heterocycles. The Morgan fingerprint density at radius 2 is 2.07 bits per heavy atom. The third kappa shape index (κ3) is 4.27. The van der Waals surface area contributed by atoms with Crippen molar-refractivity contribution in [2.75, 3.05) is 13.2 Å². The van der Waals surface area contributed by atoms with E-state index in [9.17, 15) is 9.18 Å². The van der Waals surface area contributed by atoms with Gasteiger partial charge in [0.25, 0.3) is 5.91 Å². The topological polar surface area (TPSA) is 68.5 Å². The highest BCUT2D eigenvalue weighted by atomic mass is 32.1. The first-order chi connectivity index (χ1) is 14.1. The van der Waals surface area contributed by atoms with Crippen molar-refractivity contribution >= 4 is 22.2 Å². The van der Waals surface area contributed by atoms with Gasteiger partial charge in [-0.05, 0) is 43.3 Å². The maximum Gasteiger partial charge on any atom is 0.251 e. The molecule has 0 spiro atoms. The fourth-order valence-corrected chi connectivity index (χ4v) is 3.78. The van der Waals surface area contributed by atoms with Crippen molar-refractivity contribution < 1.29 is 13.9 Å². The third-order valence-corrected chi connectivity index (χ3v) is 5.19. The van der Waals surface area contributed by atoms with Gasteiger partial charge in [-0.1, -0.05) is 12.1 Å². The number of rotatable bonds is 7. The van der Waals surface area contributed by atoms with Gasteiger partial charge >= 0.3 is 0 Å². The van der Waals surface area contributed by atoms with Gasteiger partial charge in [-0.2, -0.15) is 4.98 Å². The molecule has 4 rings (SSSR count). The summed E-state index contributed by atoms with van der Waals surface area (Å²) in [6.45, 7) is 2.97. The molecule has 0 aliphatic heterocycles. The van der Waals surface area contributed by atoms with E-state index in [-0.39, 0.29) is 11.7 Å². The van der Waals surface area contributed by atoms with E-state index >= 15 is 0 Å². The quantitative estimate of drug-likeness (QED) is 0.501. The molecule has 8 heteroatoms. The first-order valence-electron chi connectivity index (χ1n) is 9.24. The molecular weight excluding hydrogens is 391 g/mol. The first-order valence-corrected chi connectivity index (χ1v) is 10.1. The minimum Gasteiger partial charge on any atom is -0.494 e. The number of fused-ring (bicyclic) bond motifs is 1. The number of aromatic nitrogens is 3. The lowest BCUT2D eigenvalue weighted by Crippen LogP contribution is -2.25. The monoisotopic (exact) mass is 410 g/mol. The molecule has 0 aliphatic carbocycles. The predicted molar refractivity (Wildman–Crippen MR) is 110 cm³/mol. The molecule has 0 bridgehead atoms. The first kappa shape index (κ1) is 19.1. The summed E-state index contributed by atoms with van der Waals surface area (Å²) in [5.74, 6) is 0.762. The number of thiazole rings is 1. The maximum atomic E-state index is 13.4. The minimum absolute atomic E-state index is 0.140. The maximum absolute atomic E-state index is 13.4. The number of hydrogen-bond acceptors (Lipinski definition) is 5. The number of nitrogens with zero attached hydrogens (tertiary/aromatic N) is 3. The van der Waals surface area contributed by atoms with Crippen LogP contribution in [-0.2, 0) is 6.42 Å². The van der Waals surface area contributed by atoms with Crippen LogP contribution in [0.5, 0.6) is 5.75 Å². The smallest absolute Gasteiger partial charge is 0.251 e. The average Bonchev–Trinajstić information content (AvgIpc) is 3.30. The van der Waals surface area contributed by atoms with E-state index in [0.717, 1.165) is 16.4 Å². The number of halogens is 1. The van der Waals surface area contributed by atoms with Crippen molar-refractivity contribution in [2.45, 2.75) is 13.3 Å². The molecule has 0 saturated heterocycles. The van der Waals surface area contributed by atoms with Crippen LogP contribution in [0, 0.1) is 5.82 Å². The van der Waals surface area contributed by atoms with E-state index in [1.54, 1.807) is 40.9 Å². The lowest BCUT2D eigenvalue weighted by atomic mass is 10.2. The molecule has 1 N–H and O–H groups in total. The van der Waals surface area contributed by atoms with Crippen molar-refractivity contribution in [3.63, 3.8) is 0 Å². The number of carbonyl (C=O) groups is 1.